The Morgan fingerprint density at radius 1 is 1.02 bits per heavy atom. The number of anilines is 3. The summed E-state index contributed by atoms with van der Waals surface area (Å²) in [7, 11) is -2.06. The molecule has 2 saturated heterocycles. The minimum absolute atomic E-state index is 0.0272. The molecule has 1 amide bonds. The summed E-state index contributed by atoms with van der Waals surface area (Å²) in [4.78, 5) is 22.1. The fraction of sp³-hybridized carbons (Fsp3) is 0.345. The maximum atomic E-state index is 13.6. The lowest BCUT2D eigenvalue weighted by Crippen LogP contribution is -2.44. The van der Waals surface area contributed by atoms with E-state index in [4.69, 9.17) is 39.1 Å². The second-order valence-corrected chi connectivity index (χ2v) is 13.3. The molecule has 2 fully saturated rings. The lowest BCUT2D eigenvalue weighted by Gasteiger charge is -2.34. The van der Waals surface area contributed by atoms with Crippen molar-refractivity contribution in [2.24, 2.45) is 0 Å². The number of ether oxygens (including phenoxy) is 1. The highest BCUT2D eigenvalue weighted by molar-refractivity contribution is 7.91. The SMILES string of the molecule is CN1CCN(c2ccc(C(=O)NC(=N)c3nc(S(=O)(=O)c4cc(Cl)cc(Cl)c4)ccc3N)c(NC3CCOCC3)c2)CC1. The van der Waals surface area contributed by atoms with Crippen LogP contribution in [-0.4, -0.2) is 82.5 Å². The second-order valence-electron chi connectivity index (χ2n) is 10.6. The van der Waals surface area contributed by atoms with E-state index >= 15 is 0 Å². The van der Waals surface area contributed by atoms with Gasteiger partial charge in [0, 0.05) is 66.9 Å². The van der Waals surface area contributed by atoms with Crippen LogP contribution in [-0.2, 0) is 14.6 Å². The van der Waals surface area contributed by atoms with Crippen LogP contribution in [0.25, 0.3) is 0 Å². The highest BCUT2D eigenvalue weighted by Crippen LogP contribution is 2.29. The Morgan fingerprint density at radius 2 is 1.70 bits per heavy atom. The molecule has 2 aliphatic heterocycles. The number of carbonyl (C=O) groups excluding carboxylic acids is 1. The number of piperazine rings is 1. The Hall–Kier alpha value is -3.42. The van der Waals surface area contributed by atoms with Gasteiger partial charge < -0.3 is 30.9 Å². The number of nitrogen functional groups attached to an aromatic ring is 1. The van der Waals surface area contributed by atoms with Crippen molar-refractivity contribution in [1.29, 1.82) is 5.41 Å². The summed E-state index contributed by atoms with van der Waals surface area (Å²) in [5.41, 5.74) is 7.90. The van der Waals surface area contributed by atoms with Gasteiger partial charge in [0.1, 0.15) is 5.69 Å². The number of nitrogens with one attached hydrogen (secondary N) is 3. The number of nitrogens with two attached hydrogens (primary N) is 1. The van der Waals surface area contributed by atoms with Gasteiger partial charge in [-0.05, 0) is 68.4 Å². The van der Waals surface area contributed by atoms with E-state index in [0.29, 0.717) is 24.5 Å². The first-order chi connectivity index (χ1) is 20.5. The minimum atomic E-state index is -4.15. The number of nitrogens with zero attached hydrogens (tertiary/aromatic N) is 3. The van der Waals surface area contributed by atoms with Crippen LogP contribution >= 0.6 is 23.2 Å². The summed E-state index contributed by atoms with van der Waals surface area (Å²) < 4.78 is 32.1. The predicted octanol–water partition coefficient (Wildman–Crippen LogP) is 3.90. The number of rotatable bonds is 7. The Morgan fingerprint density at radius 3 is 2.37 bits per heavy atom. The normalized spacial score (nSPS) is 16.6. The van der Waals surface area contributed by atoms with Crippen LogP contribution in [0.15, 0.2) is 58.5 Å². The van der Waals surface area contributed by atoms with Crippen molar-refractivity contribution in [3.63, 3.8) is 0 Å². The van der Waals surface area contributed by atoms with Gasteiger partial charge >= 0.3 is 0 Å². The van der Waals surface area contributed by atoms with Crippen LogP contribution in [0.2, 0.25) is 10.0 Å². The van der Waals surface area contributed by atoms with Crippen molar-refractivity contribution >= 4 is 61.8 Å². The van der Waals surface area contributed by atoms with E-state index in [-0.39, 0.29) is 37.4 Å². The first-order valence-electron chi connectivity index (χ1n) is 13.8. The number of aromatic nitrogens is 1. The molecule has 3 heterocycles. The zero-order chi connectivity index (χ0) is 30.7. The van der Waals surface area contributed by atoms with E-state index in [0.717, 1.165) is 44.7 Å². The van der Waals surface area contributed by atoms with Gasteiger partial charge in [-0.15, -0.1) is 0 Å². The molecular weight excluding hydrogens is 613 g/mol. The van der Waals surface area contributed by atoms with Crippen molar-refractivity contribution in [1.82, 2.24) is 15.2 Å². The molecule has 0 radical (unpaired) electrons. The Bertz CT molecular complexity index is 1620. The zero-order valence-corrected chi connectivity index (χ0v) is 25.9. The summed E-state index contributed by atoms with van der Waals surface area (Å²) in [6, 6.07) is 12.2. The first kappa shape index (κ1) is 31.0. The molecule has 0 aliphatic carbocycles. The second kappa shape index (κ2) is 13.1. The summed E-state index contributed by atoms with van der Waals surface area (Å²) in [5, 5.41) is 14.6. The van der Waals surface area contributed by atoms with E-state index in [1.54, 1.807) is 6.07 Å². The van der Waals surface area contributed by atoms with Crippen LogP contribution in [0.4, 0.5) is 17.1 Å². The van der Waals surface area contributed by atoms with E-state index in [1.165, 1.54) is 30.3 Å². The van der Waals surface area contributed by atoms with Gasteiger partial charge in [-0.1, -0.05) is 23.2 Å². The monoisotopic (exact) mass is 645 g/mol. The molecule has 0 atom stereocenters. The maximum Gasteiger partial charge on any atom is 0.258 e. The van der Waals surface area contributed by atoms with Crippen molar-refractivity contribution in [3.05, 3.63) is 69.8 Å². The Balaban J connectivity index is 1.41. The van der Waals surface area contributed by atoms with E-state index in [9.17, 15) is 13.2 Å². The van der Waals surface area contributed by atoms with E-state index in [1.807, 2.05) is 12.1 Å². The first-order valence-corrected chi connectivity index (χ1v) is 16.0. The molecule has 1 aromatic heterocycles. The standard InChI is InChI=1S/C29H33Cl2N7O4S/c1-37-8-10-38(11-9-37)21-2-3-23(25(17-21)34-20-6-12-42-13-7-20)29(39)36-28(33)27-24(32)4-5-26(35-27)43(40,41)22-15-18(30)14-19(31)16-22/h2-5,14-17,20,34H,6-13,32H2,1H3,(H2,33,36,39). The van der Waals surface area contributed by atoms with Crippen LogP contribution in [0.3, 0.4) is 0 Å². The fourth-order valence-corrected chi connectivity index (χ4v) is 6.94. The minimum Gasteiger partial charge on any atom is -0.397 e. The quantitative estimate of drug-likeness (QED) is 0.221. The molecule has 228 valence electrons. The van der Waals surface area contributed by atoms with Crippen LogP contribution in [0.1, 0.15) is 28.9 Å². The number of likely N-dealkylation sites (N-methyl/N-ethyl adjacent to an activating group) is 1. The molecule has 2 aliphatic rings. The maximum absolute atomic E-state index is 13.6. The number of halogens is 2. The molecule has 14 heteroatoms. The van der Waals surface area contributed by atoms with Gasteiger partial charge in [-0.25, -0.2) is 13.4 Å². The van der Waals surface area contributed by atoms with Crippen LogP contribution in [0, 0.1) is 5.41 Å². The molecule has 5 rings (SSSR count). The fourth-order valence-electron chi connectivity index (χ4n) is 5.02. The van der Waals surface area contributed by atoms with Crippen molar-refractivity contribution in [3.8, 4) is 0 Å². The van der Waals surface area contributed by atoms with Gasteiger partial charge in [0.25, 0.3) is 5.91 Å². The number of hydrogen-bond acceptors (Lipinski definition) is 10. The van der Waals surface area contributed by atoms with Gasteiger partial charge in [-0.3, -0.25) is 10.2 Å². The number of hydrogen-bond donors (Lipinski definition) is 4. The molecule has 0 unspecified atom stereocenters. The van der Waals surface area contributed by atoms with Crippen molar-refractivity contribution in [2.75, 3.05) is 62.4 Å². The third-order valence-corrected chi connectivity index (χ3v) is 9.57. The van der Waals surface area contributed by atoms with Crippen molar-refractivity contribution < 1.29 is 17.9 Å². The summed E-state index contributed by atoms with van der Waals surface area (Å²) in [6.45, 7) is 4.89. The summed E-state index contributed by atoms with van der Waals surface area (Å²) in [6.07, 6.45) is 1.60. The average Bonchev–Trinajstić information content (AvgIpc) is 2.97. The van der Waals surface area contributed by atoms with Crippen LogP contribution < -0.4 is 21.3 Å². The molecule has 43 heavy (non-hydrogen) atoms. The molecule has 0 saturated carbocycles. The molecular formula is C29H33Cl2N7O4S. The molecule has 5 N–H and O–H groups in total. The number of benzene rings is 2. The molecule has 3 aromatic rings. The van der Waals surface area contributed by atoms with Gasteiger partial charge in [0.2, 0.25) is 9.84 Å². The third kappa shape index (κ3) is 7.22. The molecule has 2 aromatic carbocycles. The molecule has 11 nitrogen and oxygen atoms in total. The Kier molecular flexibility index (Phi) is 9.42. The lowest BCUT2D eigenvalue weighted by atomic mass is 10.1. The molecule has 0 spiro atoms. The number of sulfone groups is 1. The average molecular weight is 647 g/mol. The highest BCUT2D eigenvalue weighted by atomic mass is 35.5. The number of pyridine rings is 1. The number of amidine groups is 1. The van der Waals surface area contributed by atoms with Gasteiger partial charge in [-0.2, -0.15) is 0 Å². The topological polar surface area (TPSA) is 154 Å². The Labute approximate surface area is 260 Å². The van der Waals surface area contributed by atoms with E-state index in [2.05, 4.69) is 32.5 Å². The third-order valence-electron chi connectivity index (χ3n) is 7.50. The summed E-state index contributed by atoms with van der Waals surface area (Å²) >= 11 is 12.0. The largest absolute Gasteiger partial charge is 0.397 e. The zero-order valence-electron chi connectivity index (χ0n) is 23.6. The lowest BCUT2D eigenvalue weighted by molar-refractivity contribution is 0.0904. The number of amides is 1. The van der Waals surface area contributed by atoms with Gasteiger partial charge in [0.05, 0.1) is 16.1 Å². The van der Waals surface area contributed by atoms with Crippen LogP contribution in [0.5, 0.6) is 0 Å². The predicted molar refractivity (Wildman–Crippen MR) is 168 cm³/mol. The highest BCUT2D eigenvalue weighted by Gasteiger charge is 2.25. The van der Waals surface area contributed by atoms with E-state index < -0.39 is 21.6 Å². The summed E-state index contributed by atoms with van der Waals surface area (Å²) in [5.74, 6) is -0.996. The van der Waals surface area contributed by atoms with Crippen molar-refractivity contribution in [2.45, 2.75) is 28.8 Å². The smallest absolute Gasteiger partial charge is 0.258 e. The number of carbonyl (C=O) groups is 1. The molecule has 0 bridgehead atoms. The van der Waals surface area contributed by atoms with Gasteiger partial charge in [0.15, 0.2) is 10.9 Å².